The molecule has 164 valence electrons. The van der Waals surface area contributed by atoms with E-state index < -0.39 is 11.6 Å². The van der Waals surface area contributed by atoms with Gasteiger partial charge in [-0.1, -0.05) is 80.6 Å². The lowest BCUT2D eigenvalue weighted by molar-refractivity contribution is 0.0815. The van der Waals surface area contributed by atoms with Crippen LogP contribution in [0.4, 0.5) is 0 Å². The Morgan fingerprint density at radius 3 is 1.85 bits per heavy atom. The molecule has 0 heterocycles. The van der Waals surface area contributed by atoms with Crippen molar-refractivity contribution >= 4 is 11.6 Å². The van der Waals surface area contributed by atoms with Crippen molar-refractivity contribution in [3.05, 3.63) is 125 Å². The van der Waals surface area contributed by atoms with E-state index in [1.165, 1.54) is 0 Å². The normalized spacial score (nSPS) is 11.1. The average molecular weight is 437 g/mol. The number of carbonyl (C=O) groups is 2. The smallest absolute Gasteiger partial charge is 0.237 e. The fraction of sp³-hybridized carbons (Fsp3) is 0.103. The van der Waals surface area contributed by atoms with Gasteiger partial charge in [-0.05, 0) is 47.5 Å². The molecule has 0 bridgehead atoms. The number of ketones is 2. The molecular formula is C29H24O4. The lowest BCUT2D eigenvalue weighted by atomic mass is 9.78. The molecular weight excluding hydrogens is 412 g/mol. The summed E-state index contributed by atoms with van der Waals surface area (Å²) in [7, 11) is 0. The second-order valence-corrected chi connectivity index (χ2v) is 8.32. The lowest BCUT2D eigenvalue weighted by Gasteiger charge is -2.26. The quantitative estimate of drug-likeness (QED) is 0.263. The van der Waals surface area contributed by atoms with Crippen LogP contribution in [0.1, 0.15) is 45.7 Å². The molecule has 0 fully saturated rings. The van der Waals surface area contributed by atoms with Crippen LogP contribution in [-0.4, -0.2) is 16.7 Å². The van der Waals surface area contributed by atoms with Crippen LogP contribution in [0.2, 0.25) is 0 Å². The summed E-state index contributed by atoms with van der Waals surface area (Å²) < 4.78 is 6.00. The molecule has 4 aromatic carbocycles. The molecule has 0 aliphatic carbocycles. The Balaban J connectivity index is 1.56. The maximum Gasteiger partial charge on any atom is 0.237 e. The number of ether oxygens (including phenoxy) is 1. The van der Waals surface area contributed by atoms with E-state index in [1.807, 2.05) is 36.4 Å². The monoisotopic (exact) mass is 436 g/mol. The fourth-order valence-electron chi connectivity index (χ4n) is 3.70. The van der Waals surface area contributed by atoms with Gasteiger partial charge in [-0.3, -0.25) is 9.59 Å². The fourth-order valence-corrected chi connectivity index (χ4v) is 3.70. The van der Waals surface area contributed by atoms with Crippen molar-refractivity contribution in [1.82, 2.24) is 0 Å². The van der Waals surface area contributed by atoms with Gasteiger partial charge in [0.2, 0.25) is 11.6 Å². The van der Waals surface area contributed by atoms with Crippen LogP contribution in [0.3, 0.4) is 0 Å². The summed E-state index contributed by atoms with van der Waals surface area (Å²) in [6.07, 6.45) is 0. The predicted molar refractivity (Wildman–Crippen MR) is 128 cm³/mol. The highest BCUT2D eigenvalue weighted by atomic mass is 16.5. The van der Waals surface area contributed by atoms with Crippen molar-refractivity contribution in [3.63, 3.8) is 0 Å². The predicted octanol–water partition coefficient (Wildman–Crippen LogP) is 6.58. The topological polar surface area (TPSA) is 63.6 Å². The minimum atomic E-state index is -0.609. The van der Waals surface area contributed by atoms with Crippen LogP contribution in [0, 0.1) is 0 Å². The van der Waals surface area contributed by atoms with Crippen molar-refractivity contribution in [3.8, 4) is 17.2 Å². The second kappa shape index (κ2) is 9.13. The highest BCUT2D eigenvalue weighted by molar-refractivity contribution is 6.49. The molecule has 0 unspecified atom stereocenters. The number of Topliss-reactive ketones (excluding diaryl/α,β-unsaturated/α-hetero) is 2. The lowest BCUT2D eigenvalue weighted by Crippen LogP contribution is -2.18. The van der Waals surface area contributed by atoms with Crippen LogP contribution in [-0.2, 0) is 5.41 Å². The molecule has 0 saturated carbocycles. The molecule has 0 aromatic heterocycles. The number of para-hydroxylation sites is 1. The van der Waals surface area contributed by atoms with E-state index in [0.717, 1.165) is 11.1 Å². The van der Waals surface area contributed by atoms with Gasteiger partial charge < -0.3 is 9.84 Å². The highest BCUT2D eigenvalue weighted by Gasteiger charge is 2.24. The first kappa shape index (κ1) is 22.0. The molecule has 4 heteroatoms. The van der Waals surface area contributed by atoms with E-state index in [2.05, 4.69) is 13.8 Å². The molecule has 0 amide bonds. The van der Waals surface area contributed by atoms with Gasteiger partial charge in [0.1, 0.15) is 17.2 Å². The molecule has 1 N–H and O–H groups in total. The Morgan fingerprint density at radius 2 is 1.21 bits per heavy atom. The summed E-state index contributed by atoms with van der Waals surface area (Å²) in [5.41, 5.74) is 2.44. The number of rotatable bonds is 7. The van der Waals surface area contributed by atoms with E-state index in [0.29, 0.717) is 17.1 Å². The molecule has 0 atom stereocenters. The van der Waals surface area contributed by atoms with E-state index in [-0.39, 0.29) is 16.7 Å². The molecule has 0 radical (unpaired) electrons. The van der Waals surface area contributed by atoms with E-state index >= 15 is 0 Å². The van der Waals surface area contributed by atoms with Gasteiger partial charge in [0.05, 0.1) is 5.56 Å². The van der Waals surface area contributed by atoms with Gasteiger partial charge >= 0.3 is 0 Å². The first-order chi connectivity index (χ1) is 15.9. The number of aromatic hydroxyl groups is 1. The summed E-state index contributed by atoms with van der Waals surface area (Å²) in [6.45, 7) is 4.22. The molecule has 4 nitrogen and oxygen atoms in total. The number of phenolic OH excluding ortho intramolecular Hbond substituents is 1. The third kappa shape index (κ3) is 4.70. The maximum absolute atomic E-state index is 12.9. The SMILES string of the molecule is CC(C)(c1ccc(O)cc1)c1ccc(Oc2ccccc2C(=O)C(=O)c2ccccc2)cc1. The van der Waals surface area contributed by atoms with Crippen LogP contribution in [0.5, 0.6) is 17.2 Å². The highest BCUT2D eigenvalue weighted by Crippen LogP contribution is 2.34. The minimum absolute atomic E-state index is 0.222. The zero-order valence-electron chi connectivity index (χ0n) is 18.5. The molecule has 0 aliphatic heterocycles. The Hall–Kier alpha value is -4.18. The zero-order chi connectivity index (χ0) is 23.4. The van der Waals surface area contributed by atoms with Gasteiger partial charge in [-0.2, -0.15) is 0 Å². The number of phenols is 1. The summed E-state index contributed by atoms with van der Waals surface area (Å²) in [5.74, 6) is -0.0539. The Kier molecular flexibility index (Phi) is 6.09. The zero-order valence-corrected chi connectivity index (χ0v) is 18.5. The first-order valence-electron chi connectivity index (χ1n) is 10.7. The van der Waals surface area contributed by atoms with E-state index in [4.69, 9.17) is 4.74 Å². The van der Waals surface area contributed by atoms with Gasteiger partial charge in [0.15, 0.2) is 0 Å². The summed E-state index contributed by atoms with van der Waals surface area (Å²) >= 11 is 0. The number of benzene rings is 4. The van der Waals surface area contributed by atoms with Crippen LogP contribution < -0.4 is 4.74 Å². The third-order valence-electron chi connectivity index (χ3n) is 5.77. The summed E-state index contributed by atoms with van der Waals surface area (Å²) in [6, 6.07) is 30.1. The largest absolute Gasteiger partial charge is 0.508 e. The number of hydrogen-bond donors (Lipinski definition) is 1. The standard InChI is InChI=1S/C29H24O4/c1-29(2,21-12-16-23(30)17-13-21)22-14-18-24(19-15-22)33-26-11-7-6-10-25(26)28(32)27(31)20-8-4-3-5-9-20/h3-19,30H,1-2H3. The second-order valence-electron chi connectivity index (χ2n) is 8.32. The first-order valence-corrected chi connectivity index (χ1v) is 10.7. The molecule has 4 aromatic rings. The van der Waals surface area contributed by atoms with Gasteiger partial charge in [-0.15, -0.1) is 0 Å². The summed E-state index contributed by atoms with van der Waals surface area (Å²) in [5, 5.41) is 9.57. The van der Waals surface area contributed by atoms with Crippen molar-refractivity contribution in [2.24, 2.45) is 0 Å². The number of hydrogen-bond acceptors (Lipinski definition) is 4. The van der Waals surface area contributed by atoms with Crippen molar-refractivity contribution in [2.45, 2.75) is 19.3 Å². The molecule has 0 spiro atoms. The maximum atomic E-state index is 12.9. The van der Waals surface area contributed by atoms with Crippen molar-refractivity contribution < 1.29 is 19.4 Å². The summed E-state index contributed by atoms with van der Waals surface area (Å²) in [4.78, 5) is 25.5. The molecule has 4 rings (SSSR count). The van der Waals surface area contributed by atoms with Crippen molar-refractivity contribution in [2.75, 3.05) is 0 Å². The average Bonchev–Trinajstić information content (AvgIpc) is 2.85. The Morgan fingerprint density at radius 1 is 0.667 bits per heavy atom. The molecule has 0 aliphatic rings. The van der Waals surface area contributed by atoms with Crippen LogP contribution >= 0.6 is 0 Å². The van der Waals surface area contributed by atoms with Crippen LogP contribution in [0.15, 0.2) is 103 Å². The molecule has 33 heavy (non-hydrogen) atoms. The number of carbonyl (C=O) groups excluding carboxylic acids is 2. The Bertz CT molecular complexity index is 1270. The van der Waals surface area contributed by atoms with Gasteiger partial charge in [0.25, 0.3) is 0 Å². The molecule has 0 saturated heterocycles. The Labute approximate surface area is 193 Å². The van der Waals surface area contributed by atoms with E-state index in [9.17, 15) is 14.7 Å². The van der Waals surface area contributed by atoms with E-state index in [1.54, 1.807) is 66.7 Å². The van der Waals surface area contributed by atoms with Gasteiger partial charge in [-0.25, -0.2) is 0 Å². The van der Waals surface area contributed by atoms with Crippen molar-refractivity contribution in [1.29, 1.82) is 0 Å². The van der Waals surface area contributed by atoms with Crippen LogP contribution in [0.25, 0.3) is 0 Å². The third-order valence-corrected chi connectivity index (χ3v) is 5.77. The van der Waals surface area contributed by atoms with Gasteiger partial charge in [0, 0.05) is 11.0 Å². The minimum Gasteiger partial charge on any atom is -0.508 e.